The van der Waals surface area contributed by atoms with Gasteiger partial charge in [-0.15, -0.1) is 0 Å². The van der Waals surface area contributed by atoms with E-state index < -0.39 is 0 Å². The first-order valence-corrected chi connectivity index (χ1v) is 15.8. The van der Waals surface area contributed by atoms with Gasteiger partial charge in [-0.2, -0.15) is 9.13 Å². The zero-order chi connectivity index (χ0) is 28.9. The van der Waals surface area contributed by atoms with Crippen molar-refractivity contribution in [2.24, 2.45) is 0 Å². The Bertz CT molecular complexity index is 1800. The lowest BCUT2D eigenvalue weighted by molar-refractivity contribution is -0.763. The van der Waals surface area contributed by atoms with Crippen LogP contribution in [0.4, 0.5) is 0 Å². The molecule has 5 aromatic rings. The van der Waals surface area contributed by atoms with Crippen molar-refractivity contribution < 1.29 is 9.13 Å². The van der Waals surface area contributed by atoms with Crippen molar-refractivity contribution in [3.8, 4) is 33.6 Å². The molecule has 42 heavy (non-hydrogen) atoms. The number of fused-ring (bicyclic) bond motifs is 2. The molecule has 2 aliphatic heterocycles. The monoisotopic (exact) mass is 550 g/mol. The molecule has 0 bridgehead atoms. The highest BCUT2D eigenvalue weighted by Crippen LogP contribution is 2.54. The predicted octanol–water partition coefficient (Wildman–Crippen LogP) is 8.68. The molecule has 0 saturated carbocycles. The van der Waals surface area contributed by atoms with Gasteiger partial charge in [0, 0.05) is 55.0 Å². The summed E-state index contributed by atoms with van der Waals surface area (Å²) in [5.41, 5.74) is 13.9. The van der Waals surface area contributed by atoms with E-state index in [-0.39, 0.29) is 11.0 Å². The Morgan fingerprint density at radius 3 is 2.12 bits per heavy atom. The van der Waals surface area contributed by atoms with Crippen molar-refractivity contribution >= 4 is 0 Å². The van der Waals surface area contributed by atoms with Gasteiger partial charge in [-0.25, -0.2) is 0 Å². The van der Waals surface area contributed by atoms with E-state index in [1.807, 2.05) is 0 Å². The highest BCUT2D eigenvalue weighted by molar-refractivity contribution is 5.69. The van der Waals surface area contributed by atoms with Gasteiger partial charge in [0.1, 0.15) is 6.54 Å². The molecule has 0 spiro atoms. The molecule has 0 amide bonds. The molecule has 2 unspecified atom stereocenters. The average molecular weight is 551 g/mol. The van der Waals surface area contributed by atoms with E-state index in [0.717, 1.165) is 32.2 Å². The van der Waals surface area contributed by atoms with E-state index in [1.54, 1.807) is 0 Å². The minimum atomic E-state index is 0.0824. The molecule has 2 aromatic heterocycles. The lowest BCUT2D eigenvalue weighted by Gasteiger charge is -2.46. The molecule has 2 aliphatic rings. The minimum Gasteiger partial charge on any atom is -0.198 e. The maximum atomic E-state index is 2.77. The first-order valence-electron chi connectivity index (χ1n) is 15.8. The SMILES string of the molecule is CCC1(C)c2ccccc2-c2cccc3[n+]2C1(CCC[n+]1cc(-c2ccccc2C)ccc1-c1ccccc1C)CC3. The third kappa shape index (κ3) is 3.99. The fraction of sp³-hybridized carbons (Fsp3) is 0.300. The van der Waals surface area contributed by atoms with Gasteiger partial charge in [0.25, 0.3) is 0 Å². The van der Waals surface area contributed by atoms with Gasteiger partial charge in [-0.1, -0.05) is 67.6 Å². The molecule has 0 fully saturated rings. The summed E-state index contributed by atoms with van der Waals surface area (Å²) >= 11 is 0. The van der Waals surface area contributed by atoms with Crippen molar-refractivity contribution in [2.75, 3.05) is 0 Å². The van der Waals surface area contributed by atoms with Crippen LogP contribution in [0.5, 0.6) is 0 Å². The fourth-order valence-electron chi connectivity index (χ4n) is 8.34. The summed E-state index contributed by atoms with van der Waals surface area (Å²) in [5, 5.41) is 0. The summed E-state index contributed by atoms with van der Waals surface area (Å²) in [6.45, 7) is 10.4. The molecule has 7 rings (SSSR count). The van der Waals surface area contributed by atoms with Crippen molar-refractivity contribution in [1.29, 1.82) is 0 Å². The predicted molar refractivity (Wildman–Crippen MR) is 172 cm³/mol. The molecule has 2 heteroatoms. The van der Waals surface area contributed by atoms with Crippen LogP contribution in [0, 0.1) is 13.8 Å². The molecule has 2 atom stereocenters. The Hall–Kier alpha value is -4.04. The van der Waals surface area contributed by atoms with E-state index >= 15 is 0 Å². The zero-order valence-electron chi connectivity index (χ0n) is 25.5. The van der Waals surface area contributed by atoms with Crippen LogP contribution in [-0.4, -0.2) is 0 Å². The third-order valence-corrected chi connectivity index (χ3v) is 10.7. The highest BCUT2D eigenvalue weighted by Gasteiger charge is 2.63. The topological polar surface area (TPSA) is 7.76 Å². The molecule has 0 saturated heterocycles. The lowest BCUT2D eigenvalue weighted by atomic mass is 9.59. The maximum Gasteiger partial charge on any atom is 0.213 e. The Kier molecular flexibility index (Phi) is 6.61. The summed E-state index contributed by atoms with van der Waals surface area (Å²) in [5.74, 6) is 0. The number of hydrogen-bond donors (Lipinski definition) is 0. The molecule has 2 nitrogen and oxygen atoms in total. The average Bonchev–Trinajstić information content (AvgIpc) is 3.41. The molecule has 0 N–H and O–H groups in total. The second kappa shape index (κ2) is 10.3. The van der Waals surface area contributed by atoms with E-state index in [9.17, 15) is 0 Å². The second-order valence-electron chi connectivity index (χ2n) is 12.7. The van der Waals surface area contributed by atoms with Gasteiger partial charge in [-0.05, 0) is 73.7 Å². The van der Waals surface area contributed by atoms with Gasteiger partial charge < -0.3 is 0 Å². The van der Waals surface area contributed by atoms with E-state index in [4.69, 9.17) is 0 Å². The Labute approximate surface area is 251 Å². The fourth-order valence-corrected chi connectivity index (χ4v) is 8.34. The van der Waals surface area contributed by atoms with Crippen molar-refractivity contribution in [3.05, 3.63) is 132 Å². The van der Waals surface area contributed by atoms with E-state index in [0.29, 0.717) is 0 Å². The largest absolute Gasteiger partial charge is 0.213 e. The number of aromatic nitrogens is 2. The van der Waals surface area contributed by atoms with Gasteiger partial charge in [-0.3, -0.25) is 0 Å². The minimum absolute atomic E-state index is 0.0824. The maximum absolute atomic E-state index is 2.77. The summed E-state index contributed by atoms with van der Waals surface area (Å²) in [7, 11) is 0. The molecule has 3 aromatic carbocycles. The first kappa shape index (κ1) is 26.8. The first-order chi connectivity index (χ1) is 20.5. The van der Waals surface area contributed by atoms with Crippen LogP contribution in [0.3, 0.4) is 0 Å². The normalized spacial score (nSPS) is 20.3. The summed E-state index contributed by atoms with van der Waals surface area (Å²) in [4.78, 5) is 0. The molecule has 0 aliphatic carbocycles. The van der Waals surface area contributed by atoms with Crippen LogP contribution < -0.4 is 9.13 Å². The summed E-state index contributed by atoms with van der Waals surface area (Å²) < 4.78 is 5.31. The quantitative estimate of drug-likeness (QED) is 0.179. The number of aryl methyl sites for hydroxylation is 4. The second-order valence-corrected chi connectivity index (χ2v) is 12.7. The standard InChI is InChI=1S/C40H42N2/c1-5-39(4)36-20-11-10-19-35(36)38-21-12-16-32-24-26-40(39,42(32)38)25-13-27-41-28-31(33-17-8-6-14-29(33)2)22-23-37(41)34-18-9-7-15-30(34)3/h6-12,14-23,28H,5,13,24-27H2,1-4H3/q+2. The highest BCUT2D eigenvalue weighted by atomic mass is 15.1. The molecular weight excluding hydrogens is 508 g/mol. The smallest absolute Gasteiger partial charge is 0.198 e. The number of benzene rings is 3. The Morgan fingerprint density at radius 1 is 0.690 bits per heavy atom. The number of hydrogen-bond acceptors (Lipinski definition) is 0. The van der Waals surface area contributed by atoms with Gasteiger partial charge >= 0.3 is 0 Å². The van der Waals surface area contributed by atoms with Crippen molar-refractivity contribution in [1.82, 2.24) is 0 Å². The lowest BCUT2D eigenvalue weighted by Crippen LogP contribution is -2.67. The van der Waals surface area contributed by atoms with Gasteiger partial charge in [0.05, 0.1) is 11.0 Å². The number of pyridine rings is 2. The third-order valence-electron chi connectivity index (χ3n) is 10.7. The summed E-state index contributed by atoms with van der Waals surface area (Å²) in [6.07, 6.45) is 8.19. The van der Waals surface area contributed by atoms with Gasteiger partial charge in [0.2, 0.25) is 11.4 Å². The zero-order valence-corrected chi connectivity index (χ0v) is 25.5. The van der Waals surface area contributed by atoms with E-state index in [2.05, 4.69) is 146 Å². The molecule has 4 heterocycles. The Balaban J connectivity index is 1.30. The molecular formula is C40H42N2+2. The number of rotatable bonds is 7. The van der Waals surface area contributed by atoms with Crippen LogP contribution in [-0.2, 0) is 23.9 Å². The van der Waals surface area contributed by atoms with Crippen LogP contribution in [0.25, 0.3) is 33.6 Å². The van der Waals surface area contributed by atoms with Crippen LogP contribution in [0.2, 0.25) is 0 Å². The molecule has 210 valence electrons. The van der Waals surface area contributed by atoms with Crippen molar-refractivity contribution in [3.63, 3.8) is 0 Å². The van der Waals surface area contributed by atoms with Crippen LogP contribution >= 0.6 is 0 Å². The summed E-state index contributed by atoms with van der Waals surface area (Å²) in [6, 6.07) is 38.4. The van der Waals surface area contributed by atoms with Crippen LogP contribution in [0.15, 0.2) is 109 Å². The van der Waals surface area contributed by atoms with Gasteiger partial charge in [0.15, 0.2) is 17.4 Å². The Morgan fingerprint density at radius 2 is 1.38 bits per heavy atom. The molecule has 0 radical (unpaired) electrons. The van der Waals surface area contributed by atoms with E-state index in [1.165, 1.54) is 62.4 Å². The van der Waals surface area contributed by atoms with Crippen molar-refractivity contribution in [2.45, 2.75) is 77.3 Å². The van der Waals surface area contributed by atoms with Crippen LogP contribution in [0.1, 0.15) is 61.9 Å². The number of nitrogens with zero attached hydrogens (tertiary/aromatic N) is 2.